The summed E-state index contributed by atoms with van der Waals surface area (Å²) in [5, 5.41) is 3.01. The number of benzene rings is 1. The molecule has 3 aromatic rings. The van der Waals surface area contributed by atoms with Crippen molar-refractivity contribution in [2.75, 3.05) is 0 Å². The SMILES string of the molecule is Cn1ccnc1C(NC(=O)C=Cc1ccccn1)c1ccccc1. The largest absolute Gasteiger partial charge is 0.339 e. The number of aromatic nitrogens is 3. The number of carbonyl (C=O) groups excluding carboxylic acids is 1. The zero-order valence-corrected chi connectivity index (χ0v) is 13.3. The minimum atomic E-state index is -0.313. The van der Waals surface area contributed by atoms with Crippen LogP contribution in [0.4, 0.5) is 0 Å². The molecular formula is C19H18N4O. The zero-order chi connectivity index (χ0) is 16.8. The Balaban J connectivity index is 1.81. The maximum atomic E-state index is 12.3. The van der Waals surface area contributed by atoms with Gasteiger partial charge in [0.2, 0.25) is 5.91 Å². The number of rotatable bonds is 5. The summed E-state index contributed by atoms with van der Waals surface area (Å²) in [7, 11) is 1.91. The number of aryl methyl sites for hydroxylation is 1. The lowest BCUT2D eigenvalue weighted by atomic mass is 10.1. The van der Waals surface area contributed by atoms with E-state index in [4.69, 9.17) is 0 Å². The van der Waals surface area contributed by atoms with E-state index in [2.05, 4.69) is 15.3 Å². The summed E-state index contributed by atoms with van der Waals surface area (Å²) in [5.74, 6) is 0.582. The molecule has 0 fully saturated rings. The average molecular weight is 318 g/mol. The van der Waals surface area contributed by atoms with Gasteiger partial charge in [-0.25, -0.2) is 4.98 Å². The maximum Gasteiger partial charge on any atom is 0.244 e. The molecule has 5 nitrogen and oxygen atoms in total. The van der Waals surface area contributed by atoms with Gasteiger partial charge in [0.05, 0.1) is 5.69 Å². The topological polar surface area (TPSA) is 59.8 Å². The molecular weight excluding hydrogens is 300 g/mol. The van der Waals surface area contributed by atoms with Gasteiger partial charge >= 0.3 is 0 Å². The molecule has 0 spiro atoms. The Hall–Kier alpha value is -3.21. The zero-order valence-electron chi connectivity index (χ0n) is 13.3. The van der Waals surface area contributed by atoms with Crippen LogP contribution in [0.1, 0.15) is 23.1 Å². The third-order valence-electron chi connectivity index (χ3n) is 3.63. The summed E-state index contributed by atoms with van der Waals surface area (Å²) in [6.07, 6.45) is 8.46. The number of hydrogen-bond donors (Lipinski definition) is 1. The molecule has 24 heavy (non-hydrogen) atoms. The second-order valence-corrected chi connectivity index (χ2v) is 5.34. The van der Waals surface area contributed by atoms with Crippen LogP contribution in [-0.4, -0.2) is 20.4 Å². The van der Waals surface area contributed by atoms with E-state index < -0.39 is 0 Å². The van der Waals surface area contributed by atoms with Gasteiger partial charge in [-0.3, -0.25) is 9.78 Å². The lowest BCUT2D eigenvalue weighted by molar-refractivity contribution is -0.117. The van der Waals surface area contributed by atoms with Gasteiger partial charge in [0, 0.05) is 31.7 Å². The van der Waals surface area contributed by atoms with Gasteiger partial charge in [-0.15, -0.1) is 0 Å². The maximum absolute atomic E-state index is 12.3. The summed E-state index contributed by atoms with van der Waals surface area (Å²) in [6, 6.07) is 15.0. The van der Waals surface area contributed by atoms with Crippen molar-refractivity contribution in [3.8, 4) is 0 Å². The molecule has 0 aliphatic heterocycles. The highest BCUT2D eigenvalue weighted by molar-refractivity contribution is 5.91. The van der Waals surface area contributed by atoms with Crippen LogP contribution in [0.15, 0.2) is 73.2 Å². The second kappa shape index (κ2) is 7.37. The molecule has 0 aliphatic carbocycles. The number of nitrogens with one attached hydrogen (secondary N) is 1. The van der Waals surface area contributed by atoms with E-state index in [0.717, 1.165) is 17.1 Å². The van der Waals surface area contributed by atoms with Crippen molar-refractivity contribution in [2.24, 2.45) is 7.05 Å². The first kappa shape index (κ1) is 15.7. The minimum absolute atomic E-state index is 0.197. The van der Waals surface area contributed by atoms with Crippen LogP contribution in [0.25, 0.3) is 6.08 Å². The van der Waals surface area contributed by atoms with Crippen LogP contribution in [0.5, 0.6) is 0 Å². The summed E-state index contributed by atoms with van der Waals surface area (Å²) in [4.78, 5) is 20.9. The van der Waals surface area contributed by atoms with Crippen molar-refractivity contribution in [1.82, 2.24) is 19.9 Å². The van der Waals surface area contributed by atoms with Gasteiger partial charge < -0.3 is 9.88 Å². The normalized spacial score (nSPS) is 12.2. The van der Waals surface area contributed by atoms with Crippen molar-refractivity contribution in [2.45, 2.75) is 6.04 Å². The third-order valence-corrected chi connectivity index (χ3v) is 3.63. The van der Waals surface area contributed by atoms with Crippen molar-refractivity contribution in [3.05, 3.63) is 90.3 Å². The number of pyridine rings is 1. The lowest BCUT2D eigenvalue weighted by Crippen LogP contribution is -2.29. The van der Waals surface area contributed by atoms with Crippen LogP contribution in [-0.2, 0) is 11.8 Å². The van der Waals surface area contributed by atoms with Gasteiger partial charge in [0.15, 0.2) is 0 Å². The van der Waals surface area contributed by atoms with Crippen LogP contribution >= 0.6 is 0 Å². The van der Waals surface area contributed by atoms with Crippen LogP contribution in [0.2, 0.25) is 0 Å². The summed E-state index contributed by atoms with van der Waals surface area (Å²) in [5.41, 5.74) is 1.72. The number of carbonyl (C=O) groups is 1. The van der Waals surface area contributed by atoms with Crippen molar-refractivity contribution in [1.29, 1.82) is 0 Å². The third kappa shape index (κ3) is 3.76. The van der Waals surface area contributed by atoms with Gasteiger partial charge in [-0.2, -0.15) is 0 Å². The van der Waals surface area contributed by atoms with E-state index in [-0.39, 0.29) is 11.9 Å². The second-order valence-electron chi connectivity index (χ2n) is 5.34. The first-order valence-corrected chi connectivity index (χ1v) is 7.66. The molecule has 2 aromatic heterocycles. The van der Waals surface area contributed by atoms with Gasteiger partial charge in [0.25, 0.3) is 0 Å². The molecule has 0 saturated heterocycles. The quantitative estimate of drug-likeness (QED) is 0.736. The van der Waals surface area contributed by atoms with E-state index in [9.17, 15) is 4.79 Å². The van der Waals surface area contributed by atoms with Crippen LogP contribution < -0.4 is 5.32 Å². The fourth-order valence-electron chi connectivity index (χ4n) is 2.42. The molecule has 1 atom stereocenters. The molecule has 1 N–H and O–H groups in total. The molecule has 0 radical (unpaired) electrons. The average Bonchev–Trinajstić information content (AvgIpc) is 3.05. The number of hydrogen-bond acceptors (Lipinski definition) is 3. The van der Waals surface area contributed by atoms with E-state index >= 15 is 0 Å². The molecule has 0 bridgehead atoms. The highest BCUT2D eigenvalue weighted by atomic mass is 16.1. The summed E-state index contributed by atoms with van der Waals surface area (Å²) >= 11 is 0. The van der Waals surface area contributed by atoms with Crippen LogP contribution in [0.3, 0.4) is 0 Å². The van der Waals surface area contributed by atoms with Crippen molar-refractivity contribution < 1.29 is 4.79 Å². The molecule has 0 aliphatic rings. The Morgan fingerprint density at radius 3 is 2.54 bits per heavy atom. The molecule has 3 rings (SSSR count). The molecule has 2 heterocycles. The predicted molar refractivity (Wildman–Crippen MR) is 92.9 cm³/mol. The van der Waals surface area contributed by atoms with Gasteiger partial charge in [0.1, 0.15) is 11.9 Å². The number of amides is 1. The first-order valence-electron chi connectivity index (χ1n) is 7.66. The Labute approximate surface area is 140 Å². The fourth-order valence-corrected chi connectivity index (χ4v) is 2.42. The smallest absolute Gasteiger partial charge is 0.244 e. The van der Waals surface area contributed by atoms with Crippen molar-refractivity contribution >= 4 is 12.0 Å². The summed E-state index contributed by atoms with van der Waals surface area (Å²) < 4.78 is 1.90. The molecule has 120 valence electrons. The Bertz CT molecular complexity index is 825. The monoisotopic (exact) mass is 318 g/mol. The number of imidazole rings is 1. The van der Waals surface area contributed by atoms with Crippen LogP contribution in [0, 0.1) is 0 Å². The Morgan fingerprint density at radius 1 is 1.08 bits per heavy atom. The summed E-state index contributed by atoms with van der Waals surface area (Å²) in [6.45, 7) is 0. The highest BCUT2D eigenvalue weighted by Gasteiger charge is 2.19. The molecule has 1 unspecified atom stereocenters. The highest BCUT2D eigenvalue weighted by Crippen LogP contribution is 2.20. The lowest BCUT2D eigenvalue weighted by Gasteiger charge is -2.18. The standard InChI is InChI=1S/C19H18N4O/c1-23-14-13-21-19(23)18(15-7-3-2-4-8-15)22-17(24)11-10-16-9-5-6-12-20-16/h2-14,18H,1H3,(H,22,24). The van der Waals surface area contributed by atoms with E-state index in [1.807, 2.05) is 66.3 Å². The van der Waals surface area contributed by atoms with E-state index in [1.165, 1.54) is 6.08 Å². The Morgan fingerprint density at radius 2 is 1.88 bits per heavy atom. The molecule has 1 amide bonds. The van der Waals surface area contributed by atoms with Gasteiger partial charge in [-0.05, 0) is 23.8 Å². The number of nitrogens with zero attached hydrogens (tertiary/aromatic N) is 3. The molecule has 5 heteroatoms. The fraction of sp³-hybridized carbons (Fsp3) is 0.105. The minimum Gasteiger partial charge on any atom is -0.339 e. The van der Waals surface area contributed by atoms with E-state index in [0.29, 0.717) is 0 Å². The van der Waals surface area contributed by atoms with Crippen molar-refractivity contribution in [3.63, 3.8) is 0 Å². The Kier molecular flexibility index (Phi) is 4.81. The molecule has 0 saturated carbocycles. The van der Waals surface area contributed by atoms with Gasteiger partial charge in [-0.1, -0.05) is 36.4 Å². The predicted octanol–water partition coefficient (Wildman–Crippen LogP) is 2.73. The first-order chi connectivity index (χ1) is 11.7. The van der Waals surface area contributed by atoms with E-state index in [1.54, 1.807) is 18.5 Å². The molecule has 1 aromatic carbocycles.